The molecule has 128 valence electrons. The highest BCUT2D eigenvalue weighted by Crippen LogP contribution is 2.24. The summed E-state index contributed by atoms with van der Waals surface area (Å²) in [7, 11) is 0. The van der Waals surface area contributed by atoms with E-state index in [2.05, 4.69) is 20.6 Å². The summed E-state index contributed by atoms with van der Waals surface area (Å²) >= 11 is 0. The average Bonchev–Trinajstić information content (AvgIpc) is 3.27. The van der Waals surface area contributed by atoms with Crippen LogP contribution in [0.3, 0.4) is 0 Å². The Hall–Kier alpha value is -3.03. The summed E-state index contributed by atoms with van der Waals surface area (Å²) in [6, 6.07) is 5.86. The standard InChI is InChI=1S/C17H15FN4O3/c18-11-5-3-4-10(8-11)17-20-14(21-25-17)9-19-16(23)15-12-6-1-2-7-13(12)24-22-15/h3-5,8H,1-2,6-7,9H2,(H,19,23). The van der Waals surface area contributed by atoms with Gasteiger partial charge >= 0.3 is 0 Å². The van der Waals surface area contributed by atoms with Crippen molar-refractivity contribution in [1.29, 1.82) is 0 Å². The van der Waals surface area contributed by atoms with Crippen LogP contribution in [0.4, 0.5) is 4.39 Å². The van der Waals surface area contributed by atoms with Crippen molar-refractivity contribution >= 4 is 5.91 Å². The number of aryl methyl sites for hydroxylation is 1. The van der Waals surface area contributed by atoms with Gasteiger partial charge in [0.25, 0.3) is 11.8 Å². The normalized spacial score (nSPS) is 13.5. The maximum absolute atomic E-state index is 13.2. The minimum atomic E-state index is -0.388. The second-order valence-corrected chi connectivity index (χ2v) is 5.85. The number of nitrogens with one attached hydrogen (secondary N) is 1. The third-order valence-corrected chi connectivity index (χ3v) is 4.11. The van der Waals surface area contributed by atoms with Crippen LogP contribution in [0.25, 0.3) is 11.5 Å². The molecule has 0 spiro atoms. The van der Waals surface area contributed by atoms with E-state index in [0.717, 1.165) is 37.0 Å². The summed E-state index contributed by atoms with van der Waals surface area (Å²) in [5.41, 5.74) is 1.69. The van der Waals surface area contributed by atoms with Crippen LogP contribution in [0.1, 0.15) is 40.5 Å². The fraction of sp³-hybridized carbons (Fsp3) is 0.294. The third kappa shape index (κ3) is 3.15. The van der Waals surface area contributed by atoms with Gasteiger partial charge in [0.2, 0.25) is 0 Å². The van der Waals surface area contributed by atoms with Gasteiger partial charge in [-0.3, -0.25) is 4.79 Å². The maximum atomic E-state index is 13.2. The van der Waals surface area contributed by atoms with Crippen LogP contribution < -0.4 is 5.32 Å². The van der Waals surface area contributed by atoms with E-state index in [1.54, 1.807) is 12.1 Å². The molecule has 1 N–H and O–H groups in total. The number of carbonyl (C=O) groups is 1. The van der Waals surface area contributed by atoms with Gasteiger partial charge in [-0.15, -0.1) is 0 Å². The first-order valence-electron chi connectivity index (χ1n) is 8.05. The van der Waals surface area contributed by atoms with Gasteiger partial charge in [-0.1, -0.05) is 16.4 Å². The second kappa shape index (κ2) is 6.46. The van der Waals surface area contributed by atoms with Crippen LogP contribution in [0, 0.1) is 5.82 Å². The Balaban J connectivity index is 1.43. The number of fused-ring (bicyclic) bond motifs is 1. The van der Waals surface area contributed by atoms with Gasteiger partial charge in [-0.2, -0.15) is 4.98 Å². The van der Waals surface area contributed by atoms with E-state index in [9.17, 15) is 9.18 Å². The van der Waals surface area contributed by atoms with Crippen LogP contribution >= 0.6 is 0 Å². The SMILES string of the molecule is O=C(NCc1noc(-c2cccc(F)c2)n1)c1noc2c1CCCC2. The molecule has 0 atom stereocenters. The lowest BCUT2D eigenvalue weighted by atomic mass is 9.96. The van der Waals surface area contributed by atoms with Gasteiger partial charge in [0, 0.05) is 17.5 Å². The fourth-order valence-corrected chi connectivity index (χ4v) is 2.87. The molecule has 2 heterocycles. The van der Waals surface area contributed by atoms with Gasteiger partial charge < -0.3 is 14.4 Å². The molecular formula is C17H15FN4O3. The molecule has 0 aliphatic heterocycles. The van der Waals surface area contributed by atoms with Gasteiger partial charge in [-0.25, -0.2) is 4.39 Å². The Kier molecular flexibility index (Phi) is 4.01. The van der Waals surface area contributed by atoms with E-state index in [1.165, 1.54) is 12.1 Å². The lowest BCUT2D eigenvalue weighted by Crippen LogP contribution is -2.25. The molecule has 0 bridgehead atoms. The molecule has 0 saturated carbocycles. The molecule has 0 unspecified atom stereocenters. The Morgan fingerprint density at radius 3 is 2.96 bits per heavy atom. The number of amides is 1. The number of halogens is 1. The fourth-order valence-electron chi connectivity index (χ4n) is 2.87. The predicted molar refractivity (Wildman–Crippen MR) is 84.0 cm³/mol. The largest absolute Gasteiger partial charge is 0.360 e. The molecule has 2 aromatic heterocycles. The molecular weight excluding hydrogens is 327 g/mol. The van der Waals surface area contributed by atoms with Crippen LogP contribution in [0.2, 0.25) is 0 Å². The first-order valence-corrected chi connectivity index (χ1v) is 8.05. The molecule has 7 nitrogen and oxygen atoms in total. The molecule has 8 heteroatoms. The van der Waals surface area contributed by atoms with Crippen molar-refractivity contribution in [2.75, 3.05) is 0 Å². The van der Waals surface area contributed by atoms with Crippen molar-refractivity contribution in [3.8, 4) is 11.5 Å². The van der Waals surface area contributed by atoms with Crippen molar-refractivity contribution in [2.24, 2.45) is 0 Å². The lowest BCUT2D eigenvalue weighted by Gasteiger charge is -2.08. The highest BCUT2D eigenvalue weighted by atomic mass is 19.1. The van der Waals surface area contributed by atoms with Crippen molar-refractivity contribution in [2.45, 2.75) is 32.2 Å². The minimum absolute atomic E-state index is 0.0826. The average molecular weight is 342 g/mol. The van der Waals surface area contributed by atoms with Crippen LogP contribution in [0.15, 0.2) is 33.3 Å². The van der Waals surface area contributed by atoms with Gasteiger partial charge in [0.1, 0.15) is 11.6 Å². The molecule has 1 aliphatic rings. The maximum Gasteiger partial charge on any atom is 0.274 e. The number of carbonyl (C=O) groups excluding carboxylic acids is 1. The monoisotopic (exact) mass is 342 g/mol. The van der Waals surface area contributed by atoms with E-state index < -0.39 is 0 Å². The highest BCUT2D eigenvalue weighted by molar-refractivity contribution is 5.93. The smallest absolute Gasteiger partial charge is 0.274 e. The molecule has 3 aromatic rings. The van der Waals surface area contributed by atoms with E-state index in [-0.39, 0.29) is 24.2 Å². The lowest BCUT2D eigenvalue weighted by molar-refractivity contribution is 0.0939. The summed E-state index contributed by atoms with van der Waals surface area (Å²) in [5.74, 6) is 0.572. The molecule has 0 radical (unpaired) electrons. The number of aromatic nitrogens is 3. The zero-order valence-electron chi connectivity index (χ0n) is 13.3. The van der Waals surface area contributed by atoms with E-state index in [1.807, 2.05) is 0 Å². The zero-order chi connectivity index (χ0) is 17.2. The first kappa shape index (κ1) is 15.5. The first-order chi connectivity index (χ1) is 12.2. The summed E-state index contributed by atoms with van der Waals surface area (Å²) in [4.78, 5) is 16.5. The summed E-state index contributed by atoms with van der Waals surface area (Å²) in [6.07, 6.45) is 3.69. The molecule has 4 rings (SSSR count). The van der Waals surface area contributed by atoms with E-state index >= 15 is 0 Å². The Morgan fingerprint density at radius 2 is 2.08 bits per heavy atom. The van der Waals surface area contributed by atoms with Crippen molar-refractivity contribution in [3.63, 3.8) is 0 Å². The second-order valence-electron chi connectivity index (χ2n) is 5.85. The molecule has 1 aromatic carbocycles. The number of rotatable bonds is 4. The summed E-state index contributed by atoms with van der Waals surface area (Å²) < 4.78 is 23.6. The molecule has 0 saturated heterocycles. The third-order valence-electron chi connectivity index (χ3n) is 4.11. The Bertz CT molecular complexity index is 918. The van der Waals surface area contributed by atoms with Crippen LogP contribution in [0.5, 0.6) is 0 Å². The Morgan fingerprint density at radius 1 is 1.20 bits per heavy atom. The van der Waals surface area contributed by atoms with Crippen LogP contribution in [-0.2, 0) is 19.4 Å². The quantitative estimate of drug-likeness (QED) is 0.783. The number of hydrogen-bond donors (Lipinski definition) is 1. The van der Waals surface area contributed by atoms with Crippen molar-refractivity contribution in [3.05, 3.63) is 52.9 Å². The Labute approximate surface area is 142 Å². The highest BCUT2D eigenvalue weighted by Gasteiger charge is 2.24. The van der Waals surface area contributed by atoms with Gasteiger partial charge in [-0.05, 0) is 37.5 Å². The van der Waals surface area contributed by atoms with Gasteiger partial charge in [0.15, 0.2) is 11.5 Å². The number of benzene rings is 1. The predicted octanol–water partition coefficient (Wildman–Crippen LogP) is 2.67. The topological polar surface area (TPSA) is 94.1 Å². The summed E-state index contributed by atoms with van der Waals surface area (Å²) in [5, 5.41) is 10.4. The van der Waals surface area contributed by atoms with Crippen LogP contribution in [-0.4, -0.2) is 21.2 Å². The van der Waals surface area contributed by atoms with E-state index in [4.69, 9.17) is 9.05 Å². The minimum Gasteiger partial charge on any atom is -0.360 e. The van der Waals surface area contributed by atoms with Crippen molar-refractivity contribution in [1.82, 2.24) is 20.6 Å². The summed E-state index contributed by atoms with van der Waals surface area (Å²) in [6.45, 7) is 0.0826. The number of hydrogen-bond acceptors (Lipinski definition) is 6. The van der Waals surface area contributed by atoms with Crippen molar-refractivity contribution < 1.29 is 18.2 Å². The zero-order valence-corrected chi connectivity index (χ0v) is 13.3. The van der Waals surface area contributed by atoms with E-state index in [0.29, 0.717) is 17.1 Å². The molecule has 25 heavy (non-hydrogen) atoms. The molecule has 0 fully saturated rings. The molecule has 1 amide bonds. The number of nitrogens with zero attached hydrogens (tertiary/aromatic N) is 3. The van der Waals surface area contributed by atoms with Gasteiger partial charge in [0.05, 0.1) is 6.54 Å². The molecule has 1 aliphatic carbocycles.